The van der Waals surface area contributed by atoms with Crippen LogP contribution in [0.2, 0.25) is 5.02 Å². The molecule has 2 aliphatic heterocycles. The Hall–Kier alpha value is -4.57. The minimum absolute atomic E-state index is 0.0177. The maximum Gasteiger partial charge on any atom is 0.303 e. The van der Waals surface area contributed by atoms with Gasteiger partial charge in [-0.2, -0.15) is 0 Å². The Kier molecular flexibility index (Phi) is 7.89. The summed E-state index contributed by atoms with van der Waals surface area (Å²) in [6.07, 6.45) is 3.93. The number of hydrogen-bond acceptors (Lipinski definition) is 6. The third-order valence-electron chi connectivity index (χ3n) is 11.0. The number of unbranched alkanes of at least 4 members (excludes halogenated alkanes) is 2. The van der Waals surface area contributed by atoms with E-state index in [1.807, 2.05) is 18.2 Å². The highest BCUT2D eigenvalue weighted by Crippen LogP contribution is 2.64. The first kappa shape index (κ1) is 32.0. The van der Waals surface area contributed by atoms with Crippen molar-refractivity contribution in [1.29, 1.82) is 0 Å². The van der Waals surface area contributed by atoms with Gasteiger partial charge < -0.3 is 10.2 Å². The summed E-state index contributed by atoms with van der Waals surface area (Å²) < 4.78 is 14.2. The number of halogens is 2. The van der Waals surface area contributed by atoms with E-state index in [9.17, 15) is 33.5 Å². The molecule has 3 aromatic rings. The Balaban J connectivity index is 1.32. The van der Waals surface area contributed by atoms with E-state index in [-0.39, 0.29) is 47.7 Å². The second-order valence-electron chi connectivity index (χ2n) is 13.5. The molecule has 0 radical (unpaired) electrons. The number of aromatic hydroxyl groups is 1. The lowest BCUT2D eigenvalue weighted by atomic mass is 9.51. The van der Waals surface area contributed by atoms with Gasteiger partial charge in [-0.15, -0.1) is 0 Å². The predicted molar refractivity (Wildman–Crippen MR) is 174 cm³/mol. The van der Waals surface area contributed by atoms with Crippen molar-refractivity contribution in [1.82, 2.24) is 4.90 Å². The molecule has 0 unspecified atom stereocenters. The third-order valence-corrected chi connectivity index (χ3v) is 11.3. The molecule has 0 spiro atoms. The van der Waals surface area contributed by atoms with E-state index >= 15 is 0 Å². The van der Waals surface area contributed by atoms with Crippen LogP contribution in [-0.2, 0) is 24.0 Å². The molecule has 11 heteroatoms. The van der Waals surface area contributed by atoms with Gasteiger partial charge in [0, 0.05) is 24.3 Å². The second-order valence-corrected chi connectivity index (χ2v) is 13.9. The number of benzene rings is 3. The number of aliphatic carboxylic acids is 1. The number of fused-ring (bicyclic) bond motifs is 5. The number of likely N-dealkylation sites (tertiary alicyclic amines) is 1. The fourth-order valence-electron chi connectivity index (χ4n) is 8.80. The number of carbonyl (C=O) groups excluding carboxylic acids is 4. The number of allylic oxidation sites excluding steroid dienone is 2. The minimum Gasteiger partial charge on any atom is -0.507 e. The lowest BCUT2D eigenvalue weighted by molar-refractivity contribution is -0.141. The Morgan fingerprint density at radius 3 is 2.44 bits per heavy atom. The zero-order valence-electron chi connectivity index (χ0n) is 26.2. The zero-order valence-corrected chi connectivity index (χ0v) is 27.0. The average molecular weight is 673 g/mol. The molecule has 1 saturated carbocycles. The molecular formula is C37H34ClFN2O7. The van der Waals surface area contributed by atoms with E-state index in [4.69, 9.17) is 16.7 Å². The van der Waals surface area contributed by atoms with E-state index in [2.05, 4.69) is 0 Å². The van der Waals surface area contributed by atoms with Crippen LogP contribution in [0.25, 0.3) is 10.8 Å². The number of phenolic OH excluding ortho intramolecular Hbond substituents is 1. The van der Waals surface area contributed by atoms with Gasteiger partial charge in [0.1, 0.15) is 11.6 Å². The molecule has 0 aromatic heterocycles. The van der Waals surface area contributed by atoms with Gasteiger partial charge in [0.15, 0.2) is 0 Å². The molecule has 4 aliphatic rings. The van der Waals surface area contributed by atoms with Crippen LogP contribution in [0.4, 0.5) is 10.1 Å². The van der Waals surface area contributed by atoms with Crippen molar-refractivity contribution in [3.63, 3.8) is 0 Å². The van der Waals surface area contributed by atoms with Crippen LogP contribution in [0.5, 0.6) is 5.75 Å². The van der Waals surface area contributed by atoms with Gasteiger partial charge in [-0.1, -0.05) is 60.0 Å². The van der Waals surface area contributed by atoms with Crippen molar-refractivity contribution in [2.24, 2.45) is 29.1 Å². The lowest BCUT2D eigenvalue weighted by Gasteiger charge is -2.49. The summed E-state index contributed by atoms with van der Waals surface area (Å²) in [6.45, 7) is 1.96. The highest BCUT2D eigenvalue weighted by atomic mass is 35.5. The van der Waals surface area contributed by atoms with Gasteiger partial charge in [-0.05, 0) is 73.7 Å². The molecule has 6 atom stereocenters. The third kappa shape index (κ3) is 4.75. The van der Waals surface area contributed by atoms with Crippen LogP contribution in [0.1, 0.15) is 56.9 Å². The molecule has 0 bridgehead atoms. The first-order valence-corrected chi connectivity index (χ1v) is 16.6. The number of imide groups is 2. The van der Waals surface area contributed by atoms with Crippen LogP contribution < -0.4 is 4.90 Å². The summed E-state index contributed by atoms with van der Waals surface area (Å²) in [5.74, 6) is -6.44. The summed E-state index contributed by atoms with van der Waals surface area (Å²) in [5.41, 5.74) is 0.368. The number of rotatable bonds is 8. The van der Waals surface area contributed by atoms with Crippen LogP contribution in [0, 0.1) is 34.9 Å². The van der Waals surface area contributed by atoms with Crippen LogP contribution >= 0.6 is 11.6 Å². The van der Waals surface area contributed by atoms with E-state index < -0.39 is 58.6 Å². The smallest absolute Gasteiger partial charge is 0.303 e. The lowest BCUT2D eigenvalue weighted by Crippen LogP contribution is -2.49. The fourth-order valence-corrected chi connectivity index (χ4v) is 8.97. The first-order valence-electron chi connectivity index (χ1n) is 16.3. The summed E-state index contributed by atoms with van der Waals surface area (Å²) in [5, 5.41) is 20.8. The van der Waals surface area contributed by atoms with Crippen molar-refractivity contribution in [2.45, 2.75) is 51.4 Å². The van der Waals surface area contributed by atoms with Crippen molar-refractivity contribution in [2.75, 3.05) is 11.4 Å². The number of nitrogens with zero attached hydrogens (tertiary/aromatic N) is 2. The minimum atomic E-state index is -1.32. The number of hydrogen-bond donors (Lipinski definition) is 2. The highest BCUT2D eigenvalue weighted by Gasteiger charge is 2.67. The molecular weight excluding hydrogens is 639 g/mol. The normalized spacial score (nSPS) is 28.1. The maximum absolute atomic E-state index is 14.7. The van der Waals surface area contributed by atoms with Gasteiger partial charge >= 0.3 is 5.97 Å². The van der Waals surface area contributed by atoms with E-state index in [0.717, 1.165) is 22.1 Å². The summed E-state index contributed by atoms with van der Waals surface area (Å²) in [7, 11) is 0. The number of carbonyl (C=O) groups is 5. The average Bonchev–Trinajstić information content (AvgIpc) is 3.42. The first-order chi connectivity index (χ1) is 22.9. The molecule has 248 valence electrons. The Labute approximate surface area is 281 Å². The number of amides is 4. The molecule has 3 fully saturated rings. The molecule has 4 amide bonds. The molecule has 2 saturated heterocycles. The molecule has 2 N–H and O–H groups in total. The topological polar surface area (TPSA) is 132 Å². The van der Waals surface area contributed by atoms with E-state index in [1.54, 1.807) is 31.2 Å². The van der Waals surface area contributed by atoms with Gasteiger partial charge in [0.2, 0.25) is 23.6 Å². The molecule has 9 nitrogen and oxygen atoms in total. The van der Waals surface area contributed by atoms with Crippen LogP contribution in [-0.4, -0.2) is 51.3 Å². The zero-order chi connectivity index (χ0) is 34.1. The second kappa shape index (κ2) is 11.8. The Bertz CT molecular complexity index is 1940. The van der Waals surface area contributed by atoms with Gasteiger partial charge in [0.25, 0.3) is 0 Å². The summed E-state index contributed by atoms with van der Waals surface area (Å²) in [4.78, 5) is 70.1. The molecule has 7 rings (SSSR count). The monoisotopic (exact) mass is 672 g/mol. The van der Waals surface area contributed by atoms with Crippen molar-refractivity contribution in [3.05, 3.63) is 82.6 Å². The SMILES string of the molecule is C[C@@]12C(=O)N(c3ccc(F)c(Cl)c3)C(=O)[C@@H]1C[C@@H]1C(=CC[C@@H]3C(=O)N(CCCCCC(=O)O)C(=O)[C@@H]31)[C@@H]2c1ccc(O)c2ccccc12. The molecule has 2 aliphatic carbocycles. The largest absolute Gasteiger partial charge is 0.507 e. The van der Waals surface area contributed by atoms with Gasteiger partial charge in [-0.25, -0.2) is 9.29 Å². The number of phenols is 1. The fraction of sp³-hybridized carbons (Fsp3) is 0.378. The summed E-state index contributed by atoms with van der Waals surface area (Å²) >= 11 is 6.09. The van der Waals surface area contributed by atoms with Gasteiger partial charge in [-0.3, -0.25) is 28.9 Å². The predicted octanol–water partition coefficient (Wildman–Crippen LogP) is 6.21. The highest BCUT2D eigenvalue weighted by molar-refractivity contribution is 6.31. The van der Waals surface area contributed by atoms with Crippen LogP contribution in [0.15, 0.2) is 66.2 Å². The Morgan fingerprint density at radius 1 is 0.958 bits per heavy atom. The molecule has 3 aromatic carbocycles. The quantitative estimate of drug-likeness (QED) is 0.165. The van der Waals surface area contributed by atoms with Crippen molar-refractivity contribution < 1.29 is 38.6 Å². The molecule has 2 heterocycles. The number of carboxylic acids is 1. The van der Waals surface area contributed by atoms with Crippen molar-refractivity contribution >= 4 is 57.7 Å². The Morgan fingerprint density at radius 2 is 1.71 bits per heavy atom. The summed E-state index contributed by atoms with van der Waals surface area (Å²) in [6, 6.07) is 14.3. The maximum atomic E-state index is 14.7. The van der Waals surface area contributed by atoms with Crippen LogP contribution in [0.3, 0.4) is 0 Å². The standard InChI is InChI=1S/C37H34ClFN2O7/c1-37-26(34(46)41(36(37)48)19-10-14-28(39)27(38)17-19)18-25-23(32(37)22-13-15-29(42)21-8-5-4-7-20(21)22)11-12-24-31(25)35(47)40(33(24)45)16-6-2-3-9-30(43)44/h4-5,7-8,10-11,13-15,17,24-26,31-32,42H,2-3,6,9,12,16,18H2,1H3,(H,43,44)/t24-,25+,26-,31-,32-,37+/m0/s1. The number of anilines is 1. The van der Waals surface area contributed by atoms with E-state index in [0.29, 0.717) is 36.5 Å². The van der Waals surface area contributed by atoms with E-state index in [1.165, 1.54) is 17.0 Å². The number of carboxylic acid groups (broad SMARTS) is 1. The van der Waals surface area contributed by atoms with Gasteiger partial charge in [0.05, 0.1) is 33.9 Å². The molecule has 48 heavy (non-hydrogen) atoms. The van der Waals surface area contributed by atoms with Crippen molar-refractivity contribution in [3.8, 4) is 5.75 Å².